The Labute approximate surface area is 103 Å². The molecule has 0 aliphatic carbocycles. The van der Waals surface area contributed by atoms with Crippen LogP contribution in [0.4, 0.5) is 8.78 Å². The average molecular weight is 260 g/mol. The van der Waals surface area contributed by atoms with Crippen LogP contribution >= 0.6 is 0 Å². The summed E-state index contributed by atoms with van der Waals surface area (Å²) in [4.78, 5) is 14.9. The smallest absolute Gasteiger partial charge is 0.310 e. The van der Waals surface area contributed by atoms with Crippen molar-refractivity contribution in [3.63, 3.8) is 0 Å². The molecule has 1 unspecified atom stereocenters. The summed E-state index contributed by atoms with van der Waals surface area (Å²) in [5, 5.41) is 8.29. The van der Waals surface area contributed by atoms with Crippen LogP contribution in [0.3, 0.4) is 0 Å². The Balaban J connectivity index is 3.00. The minimum absolute atomic E-state index is 0.0692. The molecular weight excluding hydrogens is 246 g/mol. The van der Waals surface area contributed by atoms with Crippen LogP contribution in [-0.2, 0) is 20.8 Å². The van der Waals surface area contributed by atoms with E-state index < -0.39 is 23.5 Å². The number of carbonyl (C=O) groups excluding carboxylic acids is 1. The summed E-state index contributed by atoms with van der Waals surface area (Å²) < 4.78 is 31.7. The lowest BCUT2D eigenvalue weighted by atomic mass is 9.98. The molecule has 0 fully saturated rings. The van der Waals surface area contributed by atoms with E-state index in [2.05, 4.69) is 9.62 Å². The molecule has 1 N–H and O–H groups in total. The summed E-state index contributed by atoms with van der Waals surface area (Å²) in [6.45, 7) is 1.43. The van der Waals surface area contributed by atoms with Gasteiger partial charge in [-0.2, -0.15) is 0 Å². The Bertz CT molecular complexity index is 434. The number of rotatable bonds is 5. The first-order valence-corrected chi connectivity index (χ1v) is 5.30. The van der Waals surface area contributed by atoms with Gasteiger partial charge in [-0.3, -0.25) is 10.1 Å². The molecule has 1 aromatic rings. The minimum atomic E-state index is -0.693. The monoisotopic (exact) mass is 260 g/mol. The van der Waals surface area contributed by atoms with Gasteiger partial charge in [-0.05, 0) is 17.7 Å². The third-order valence-corrected chi connectivity index (χ3v) is 2.58. The number of ether oxygens (including phenoxy) is 1. The Hall–Kier alpha value is -1.53. The molecule has 6 heteroatoms. The quantitative estimate of drug-likeness (QED) is 0.501. The van der Waals surface area contributed by atoms with Crippen molar-refractivity contribution in [3.8, 4) is 0 Å². The van der Waals surface area contributed by atoms with Gasteiger partial charge in [-0.1, -0.05) is 6.92 Å². The van der Waals surface area contributed by atoms with Crippen LogP contribution in [0.15, 0.2) is 12.1 Å². The number of hydrogen-bond donors (Lipinski definition) is 1. The van der Waals surface area contributed by atoms with Crippen molar-refractivity contribution in [1.29, 1.82) is 0 Å². The standard InChI is InChI=1S/C12H14F2O4/c1-7(6-18-16)9-5-10(13)8(3-11(9)14)4-12(15)17-2/h3,5,7,16H,4,6H2,1-2H3. The molecule has 0 aliphatic rings. The normalized spacial score (nSPS) is 12.3. The van der Waals surface area contributed by atoms with E-state index in [4.69, 9.17) is 5.26 Å². The van der Waals surface area contributed by atoms with Crippen LogP contribution in [0.1, 0.15) is 24.0 Å². The molecule has 0 bridgehead atoms. The van der Waals surface area contributed by atoms with Crippen molar-refractivity contribution in [2.45, 2.75) is 19.3 Å². The molecule has 1 aromatic carbocycles. The first-order chi connectivity index (χ1) is 8.49. The van der Waals surface area contributed by atoms with E-state index in [0.29, 0.717) is 0 Å². The fourth-order valence-corrected chi connectivity index (χ4v) is 1.55. The van der Waals surface area contributed by atoms with Gasteiger partial charge < -0.3 is 4.74 Å². The van der Waals surface area contributed by atoms with E-state index in [1.54, 1.807) is 6.92 Å². The number of hydrogen-bond acceptors (Lipinski definition) is 4. The first kappa shape index (κ1) is 14.5. The summed E-state index contributed by atoms with van der Waals surface area (Å²) >= 11 is 0. The predicted molar refractivity (Wildman–Crippen MR) is 59.1 cm³/mol. The summed E-state index contributed by atoms with van der Waals surface area (Å²) in [5.41, 5.74) is 0.00961. The molecular formula is C12H14F2O4. The molecule has 0 saturated heterocycles. The fraction of sp³-hybridized carbons (Fsp3) is 0.417. The van der Waals surface area contributed by atoms with Crippen LogP contribution in [0, 0.1) is 11.6 Å². The second-order valence-corrected chi connectivity index (χ2v) is 3.91. The highest BCUT2D eigenvalue weighted by Gasteiger charge is 2.17. The van der Waals surface area contributed by atoms with E-state index in [9.17, 15) is 13.6 Å². The summed E-state index contributed by atoms with van der Waals surface area (Å²) in [6, 6.07) is 1.95. The fourth-order valence-electron chi connectivity index (χ4n) is 1.55. The number of esters is 1. The summed E-state index contributed by atoms with van der Waals surface area (Å²) in [5.74, 6) is -2.49. The molecule has 0 radical (unpaired) electrons. The van der Waals surface area contributed by atoms with Gasteiger partial charge in [0.2, 0.25) is 0 Å². The molecule has 0 heterocycles. The summed E-state index contributed by atoms with van der Waals surface area (Å²) in [7, 11) is 1.17. The number of benzene rings is 1. The molecule has 0 aliphatic heterocycles. The van der Waals surface area contributed by atoms with Crippen LogP contribution in [-0.4, -0.2) is 24.9 Å². The van der Waals surface area contributed by atoms with Crippen molar-refractivity contribution >= 4 is 5.97 Å². The largest absolute Gasteiger partial charge is 0.469 e. The maximum absolute atomic E-state index is 13.7. The molecule has 0 aromatic heterocycles. The van der Waals surface area contributed by atoms with E-state index in [0.717, 1.165) is 12.1 Å². The molecule has 0 spiro atoms. The second-order valence-electron chi connectivity index (χ2n) is 3.91. The maximum Gasteiger partial charge on any atom is 0.310 e. The van der Waals surface area contributed by atoms with Gasteiger partial charge >= 0.3 is 5.97 Å². The highest BCUT2D eigenvalue weighted by Crippen LogP contribution is 2.23. The Kier molecular flexibility index (Phi) is 5.18. The van der Waals surface area contributed by atoms with Crippen LogP contribution in [0.25, 0.3) is 0 Å². The van der Waals surface area contributed by atoms with Crippen LogP contribution in [0.2, 0.25) is 0 Å². The third kappa shape index (κ3) is 3.48. The van der Waals surface area contributed by atoms with Gasteiger partial charge in [0.05, 0.1) is 20.1 Å². The average Bonchev–Trinajstić information content (AvgIpc) is 2.33. The topological polar surface area (TPSA) is 55.8 Å². The lowest BCUT2D eigenvalue weighted by Gasteiger charge is -2.12. The van der Waals surface area contributed by atoms with E-state index in [1.807, 2.05) is 0 Å². The Morgan fingerprint density at radius 3 is 2.61 bits per heavy atom. The molecule has 1 atom stereocenters. The third-order valence-electron chi connectivity index (χ3n) is 2.58. The number of methoxy groups -OCH3 is 1. The van der Waals surface area contributed by atoms with E-state index >= 15 is 0 Å². The van der Waals surface area contributed by atoms with E-state index in [1.165, 1.54) is 7.11 Å². The highest BCUT2D eigenvalue weighted by molar-refractivity contribution is 5.72. The molecule has 18 heavy (non-hydrogen) atoms. The van der Waals surface area contributed by atoms with Gasteiger partial charge in [0.1, 0.15) is 11.6 Å². The van der Waals surface area contributed by atoms with Crippen molar-refractivity contribution < 1.29 is 28.5 Å². The highest BCUT2D eigenvalue weighted by atomic mass is 19.1. The van der Waals surface area contributed by atoms with Crippen LogP contribution in [0.5, 0.6) is 0 Å². The Morgan fingerprint density at radius 1 is 1.39 bits per heavy atom. The minimum Gasteiger partial charge on any atom is -0.469 e. The molecule has 100 valence electrons. The van der Waals surface area contributed by atoms with Crippen molar-refractivity contribution in [2.75, 3.05) is 13.7 Å². The zero-order valence-electron chi connectivity index (χ0n) is 10.1. The molecule has 0 amide bonds. The van der Waals surface area contributed by atoms with Gasteiger partial charge in [-0.25, -0.2) is 13.7 Å². The SMILES string of the molecule is COC(=O)Cc1cc(F)c(C(C)COO)cc1F. The molecule has 0 saturated carbocycles. The predicted octanol–water partition coefficient (Wildman–Crippen LogP) is 2.27. The lowest BCUT2D eigenvalue weighted by Crippen LogP contribution is -2.10. The summed E-state index contributed by atoms with van der Waals surface area (Å²) in [6.07, 6.45) is -0.329. The zero-order valence-corrected chi connectivity index (χ0v) is 10.1. The zero-order chi connectivity index (χ0) is 13.7. The van der Waals surface area contributed by atoms with Gasteiger partial charge in [0.25, 0.3) is 0 Å². The van der Waals surface area contributed by atoms with Gasteiger partial charge in [0, 0.05) is 11.5 Å². The lowest BCUT2D eigenvalue weighted by molar-refractivity contribution is -0.245. The first-order valence-electron chi connectivity index (χ1n) is 5.30. The van der Waals surface area contributed by atoms with Gasteiger partial charge in [0.15, 0.2) is 0 Å². The van der Waals surface area contributed by atoms with Gasteiger partial charge in [-0.15, -0.1) is 0 Å². The molecule has 1 rings (SSSR count). The second kappa shape index (κ2) is 6.42. The molecule has 4 nitrogen and oxygen atoms in total. The van der Waals surface area contributed by atoms with Crippen LogP contribution < -0.4 is 0 Å². The number of carbonyl (C=O) groups is 1. The van der Waals surface area contributed by atoms with Crippen molar-refractivity contribution in [3.05, 3.63) is 34.9 Å². The van der Waals surface area contributed by atoms with Crippen molar-refractivity contribution in [2.24, 2.45) is 0 Å². The van der Waals surface area contributed by atoms with Crippen molar-refractivity contribution in [1.82, 2.24) is 0 Å². The van der Waals surface area contributed by atoms with E-state index in [-0.39, 0.29) is 24.2 Å². The number of halogens is 2. The Morgan fingerprint density at radius 2 is 2.06 bits per heavy atom. The maximum atomic E-state index is 13.7.